The zero-order chi connectivity index (χ0) is 18.9. The van der Waals surface area contributed by atoms with Gasteiger partial charge in [0.2, 0.25) is 0 Å². The number of nitrogens with zero attached hydrogens (tertiary/aromatic N) is 4. The summed E-state index contributed by atoms with van der Waals surface area (Å²) in [7, 11) is 0. The lowest BCUT2D eigenvalue weighted by Crippen LogP contribution is -2.09. The molecule has 1 N–H and O–H groups in total. The van der Waals surface area contributed by atoms with Crippen molar-refractivity contribution in [2.24, 2.45) is 0 Å². The van der Waals surface area contributed by atoms with Gasteiger partial charge in [-0.3, -0.25) is 0 Å². The molecule has 0 radical (unpaired) electrons. The summed E-state index contributed by atoms with van der Waals surface area (Å²) in [6.45, 7) is 0. The molecule has 3 rings (SSSR count). The summed E-state index contributed by atoms with van der Waals surface area (Å²) in [4.78, 5) is 0. The molecule has 26 heavy (non-hydrogen) atoms. The van der Waals surface area contributed by atoms with Gasteiger partial charge in [-0.15, -0.1) is 5.10 Å². The average molecular weight is 362 g/mol. The molecule has 3 aromatic rings. The van der Waals surface area contributed by atoms with Crippen LogP contribution in [-0.4, -0.2) is 20.1 Å². The highest BCUT2D eigenvalue weighted by Crippen LogP contribution is 2.33. The van der Waals surface area contributed by atoms with Gasteiger partial charge in [0.1, 0.15) is 17.6 Å². The third-order valence-corrected chi connectivity index (χ3v) is 3.67. The van der Waals surface area contributed by atoms with E-state index in [1.165, 1.54) is 42.6 Å². The second-order valence-electron chi connectivity index (χ2n) is 5.38. The van der Waals surface area contributed by atoms with Crippen molar-refractivity contribution in [1.82, 2.24) is 15.0 Å². The van der Waals surface area contributed by atoms with Crippen LogP contribution in [0.15, 0.2) is 48.7 Å². The molecule has 0 aliphatic heterocycles. The zero-order valence-electron chi connectivity index (χ0n) is 12.9. The first-order valence-electron chi connectivity index (χ1n) is 7.27. The largest absolute Gasteiger partial charge is 0.417 e. The van der Waals surface area contributed by atoms with Crippen molar-refractivity contribution >= 4 is 0 Å². The molecule has 132 valence electrons. The fraction of sp³-hybridized carbons (Fsp3) is 0.118. The lowest BCUT2D eigenvalue weighted by atomic mass is 10.1. The van der Waals surface area contributed by atoms with Crippen LogP contribution in [0.4, 0.5) is 17.6 Å². The Kier molecular flexibility index (Phi) is 4.44. The number of rotatable bonds is 3. The first kappa shape index (κ1) is 17.6. The van der Waals surface area contributed by atoms with Gasteiger partial charge < -0.3 is 5.11 Å². The fourth-order valence-corrected chi connectivity index (χ4v) is 2.35. The van der Waals surface area contributed by atoms with Crippen molar-refractivity contribution in [2.45, 2.75) is 12.3 Å². The van der Waals surface area contributed by atoms with Crippen molar-refractivity contribution in [1.29, 1.82) is 5.26 Å². The molecule has 0 amide bonds. The monoisotopic (exact) mass is 362 g/mol. The van der Waals surface area contributed by atoms with E-state index in [0.29, 0.717) is 5.56 Å². The first-order valence-corrected chi connectivity index (χ1v) is 7.27. The molecule has 0 saturated heterocycles. The van der Waals surface area contributed by atoms with Crippen molar-refractivity contribution in [3.63, 3.8) is 0 Å². The number of benzene rings is 2. The number of halogens is 4. The first-order chi connectivity index (χ1) is 12.3. The highest BCUT2D eigenvalue weighted by atomic mass is 19.4. The molecule has 1 unspecified atom stereocenters. The topological polar surface area (TPSA) is 74.7 Å². The molecule has 0 saturated carbocycles. The van der Waals surface area contributed by atoms with E-state index in [1.54, 1.807) is 0 Å². The minimum absolute atomic E-state index is 0.0291. The van der Waals surface area contributed by atoms with E-state index >= 15 is 0 Å². The summed E-state index contributed by atoms with van der Waals surface area (Å²) in [6, 6.07) is 9.66. The molecule has 0 spiro atoms. The molecular formula is C17H10F4N4O. The number of aliphatic hydroxyl groups is 1. The Balaban J connectivity index is 1.95. The summed E-state index contributed by atoms with van der Waals surface area (Å²) in [6.07, 6.45) is -4.65. The molecule has 0 bridgehead atoms. The van der Waals surface area contributed by atoms with Gasteiger partial charge >= 0.3 is 6.18 Å². The van der Waals surface area contributed by atoms with Crippen LogP contribution in [0.1, 0.15) is 28.5 Å². The van der Waals surface area contributed by atoms with Crippen LogP contribution in [-0.2, 0) is 6.18 Å². The third-order valence-electron chi connectivity index (χ3n) is 3.67. The van der Waals surface area contributed by atoms with Crippen molar-refractivity contribution in [3.05, 3.63) is 76.9 Å². The smallest absolute Gasteiger partial charge is 0.382 e. The van der Waals surface area contributed by atoms with Crippen LogP contribution in [0.25, 0.3) is 5.69 Å². The predicted octanol–water partition coefficient (Wildman–Crippen LogP) is 3.38. The number of aliphatic hydroxyl groups excluding tert-OH is 1. The summed E-state index contributed by atoms with van der Waals surface area (Å²) >= 11 is 0. The van der Waals surface area contributed by atoms with Crippen LogP contribution in [0.3, 0.4) is 0 Å². The summed E-state index contributed by atoms with van der Waals surface area (Å²) < 4.78 is 53.2. The number of hydrogen-bond donors (Lipinski definition) is 1. The quantitative estimate of drug-likeness (QED) is 0.725. The van der Waals surface area contributed by atoms with Crippen molar-refractivity contribution in [3.8, 4) is 11.8 Å². The minimum Gasteiger partial charge on any atom is -0.382 e. The lowest BCUT2D eigenvalue weighted by Gasteiger charge is -2.10. The minimum atomic E-state index is -4.70. The Morgan fingerprint density at radius 3 is 2.42 bits per heavy atom. The molecule has 0 aliphatic carbocycles. The Labute approximate surface area is 144 Å². The number of alkyl halides is 3. The molecule has 2 aromatic carbocycles. The second-order valence-corrected chi connectivity index (χ2v) is 5.38. The normalized spacial score (nSPS) is 12.6. The van der Waals surface area contributed by atoms with Crippen LogP contribution in [0, 0.1) is 17.1 Å². The molecule has 5 nitrogen and oxygen atoms in total. The van der Waals surface area contributed by atoms with Gasteiger partial charge in [0.25, 0.3) is 0 Å². The van der Waals surface area contributed by atoms with E-state index in [2.05, 4.69) is 10.3 Å². The second kappa shape index (κ2) is 6.57. The van der Waals surface area contributed by atoms with Gasteiger partial charge in [0, 0.05) is 0 Å². The van der Waals surface area contributed by atoms with Gasteiger partial charge in [-0.1, -0.05) is 17.3 Å². The van der Waals surface area contributed by atoms with Gasteiger partial charge in [-0.2, -0.15) is 18.4 Å². The molecule has 9 heteroatoms. The number of hydrogen-bond acceptors (Lipinski definition) is 4. The van der Waals surface area contributed by atoms with Crippen LogP contribution in [0.5, 0.6) is 0 Å². The van der Waals surface area contributed by atoms with E-state index in [-0.39, 0.29) is 11.4 Å². The average Bonchev–Trinajstić information content (AvgIpc) is 3.10. The highest BCUT2D eigenvalue weighted by molar-refractivity contribution is 5.47. The predicted molar refractivity (Wildman–Crippen MR) is 81.5 cm³/mol. The van der Waals surface area contributed by atoms with E-state index in [0.717, 1.165) is 16.8 Å². The molecule has 1 aromatic heterocycles. The van der Waals surface area contributed by atoms with Crippen LogP contribution < -0.4 is 0 Å². The maximum atomic E-state index is 13.1. The maximum absolute atomic E-state index is 13.1. The van der Waals surface area contributed by atoms with Crippen LogP contribution in [0.2, 0.25) is 0 Å². The van der Waals surface area contributed by atoms with E-state index in [4.69, 9.17) is 5.26 Å². The molecule has 1 atom stereocenters. The van der Waals surface area contributed by atoms with Gasteiger partial charge in [-0.05, 0) is 35.9 Å². The molecular weight excluding hydrogens is 352 g/mol. The summed E-state index contributed by atoms with van der Waals surface area (Å²) in [5, 5.41) is 26.5. The Bertz CT molecular complexity index is 974. The van der Waals surface area contributed by atoms with Crippen LogP contribution >= 0.6 is 0 Å². The van der Waals surface area contributed by atoms with Crippen molar-refractivity contribution < 1.29 is 22.7 Å². The SMILES string of the molecule is N#Cc1ccc(-n2cc(C(O)c3ccc(F)cc3)nn2)cc1C(F)(F)F. The summed E-state index contributed by atoms with van der Waals surface area (Å²) in [5.74, 6) is -0.470. The van der Waals surface area contributed by atoms with Gasteiger partial charge in [0.05, 0.1) is 29.1 Å². The van der Waals surface area contributed by atoms with E-state index in [1.807, 2.05) is 0 Å². The Morgan fingerprint density at radius 1 is 1.12 bits per heavy atom. The third kappa shape index (κ3) is 3.41. The summed E-state index contributed by atoms with van der Waals surface area (Å²) in [5.41, 5.74) is -1.13. The molecule has 0 fully saturated rings. The van der Waals surface area contributed by atoms with E-state index < -0.39 is 29.2 Å². The lowest BCUT2D eigenvalue weighted by molar-refractivity contribution is -0.137. The maximum Gasteiger partial charge on any atom is 0.417 e. The Morgan fingerprint density at radius 2 is 1.81 bits per heavy atom. The zero-order valence-corrected chi connectivity index (χ0v) is 12.9. The van der Waals surface area contributed by atoms with Crippen molar-refractivity contribution in [2.75, 3.05) is 0 Å². The molecule has 0 aliphatic rings. The van der Waals surface area contributed by atoms with Gasteiger partial charge in [-0.25, -0.2) is 9.07 Å². The fourth-order valence-electron chi connectivity index (χ4n) is 2.35. The molecule has 1 heterocycles. The highest BCUT2D eigenvalue weighted by Gasteiger charge is 2.34. The van der Waals surface area contributed by atoms with Gasteiger partial charge in [0.15, 0.2) is 0 Å². The number of nitriles is 1. The standard InChI is InChI=1S/C17H10F4N4O/c18-12-4-1-10(2-5-12)16(26)15-9-25(24-23-15)13-6-3-11(8-22)14(7-13)17(19,20)21/h1-7,9,16,26H. The number of aromatic nitrogens is 3. The Hall–Kier alpha value is -3.25. The van der Waals surface area contributed by atoms with E-state index in [9.17, 15) is 22.7 Å².